The van der Waals surface area contributed by atoms with E-state index < -0.39 is 0 Å². The Balaban J connectivity index is 0.00000364. The Hall–Kier alpha value is -2.07. The van der Waals surface area contributed by atoms with Crippen LogP contribution in [0.1, 0.15) is 16.7 Å². The van der Waals surface area contributed by atoms with E-state index in [1.165, 1.54) is 13.2 Å². The van der Waals surface area contributed by atoms with E-state index >= 15 is 0 Å². The summed E-state index contributed by atoms with van der Waals surface area (Å²) in [6.45, 7) is 1.06. The molecule has 8 heteroatoms. The summed E-state index contributed by atoms with van der Waals surface area (Å²) in [7, 11) is 4.71. The zero-order valence-electron chi connectivity index (χ0n) is 15.6. The molecule has 3 N–H and O–H groups in total. The number of hydrogen-bond donors (Lipinski definition) is 2. The van der Waals surface area contributed by atoms with Gasteiger partial charge in [0.25, 0.3) is 0 Å². The molecule has 2 aromatic carbocycles. The number of aliphatic imine (C=N–C) groups is 1. The molecule has 148 valence electrons. The summed E-state index contributed by atoms with van der Waals surface area (Å²) in [4.78, 5) is 4.28. The molecule has 2 rings (SSSR count). The van der Waals surface area contributed by atoms with Gasteiger partial charge in [-0.25, -0.2) is 9.38 Å². The van der Waals surface area contributed by atoms with Crippen molar-refractivity contribution in [1.82, 2.24) is 5.32 Å². The van der Waals surface area contributed by atoms with Crippen molar-refractivity contribution in [3.05, 3.63) is 58.9 Å². The van der Waals surface area contributed by atoms with E-state index in [9.17, 15) is 4.39 Å². The number of benzene rings is 2. The Morgan fingerprint density at radius 1 is 1.04 bits per heavy atom. The molecule has 6 nitrogen and oxygen atoms in total. The van der Waals surface area contributed by atoms with Crippen molar-refractivity contribution < 1.29 is 18.6 Å². The average Bonchev–Trinajstić information content (AvgIpc) is 2.66. The van der Waals surface area contributed by atoms with Crippen molar-refractivity contribution in [3.8, 4) is 11.5 Å². The van der Waals surface area contributed by atoms with E-state index in [0.717, 1.165) is 11.1 Å². The molecule has 0 radical (unpaired) electrons. The van der Waals surface area contributed by atoms with Gasteiger partial charge in [-0.3, -0.25) is 0 Å². The third-order valence-electron chi connectivity index (χ3n) is 3.76. The van der Waals surface area contributed by atoms with Gasteiger partial charge in [-0.15, -0.1) is 24.0 Å². The molecule has 0 amide bonds. The highest BCUT2D eigenvalue weighted by molar-refractivity contribution is 14.0. The van der Waals surface area contributed by atoms with Crippen molar-refractivity contribution in [2.24, 2.45) is 10.7 Å². The van der Waals surface area contributed by atoms with Crippen LogP contribution in [0.5, 0.6) is 11.5 Å². The fraction of sp³-hybridized carbons (Fsp3) is 0.316. The van der Waals surface area contributed by atoms with Crippen LogP contribution in [0.3, 0.4) is 0 Å². The first-order chi connectivity index (χ1) is 12.6. The van der Waals surface area contributed by atoms with Gasteiger partial charge in [-0.1, -0.05) is 12.1 Å². The van der Waals surface area contributed by atoms with Gasteiger partial charge in [0.2, 0.25) is 0 Å². The highest BCUT2D eigenvalue weighted by atomic mass is 127. The molecular weight excluding hydrogens is 464 g/mol. The van der Waals surface area contributed by atoms with Crippen molar-refractivity contribution in [1.29, 1.82) is 0 Å². The molecule has 2 aromatic rings. The first-order valence-corrected chi connectivity index (χ1v) is 8.08. The molecule has 0 atom stereocenters. The van der Waals surface area contributed by atoms with Crippen molar-refractivity contribution >= 4 is 29.9 Å². The highest BCUT2D eigenvalue weighted by Crippen LogP contribution is 2.27. The van der Waals surface area contributed by atoms with Crippen LogP contribution >= 0.6 is 24.0 Å². The Labute approximate surface area is 175 Å². The molecule has 0 aliphatic heterocycles. The van der Waals surface area contributed by atoms with Gasteiger partial charge in [-0.05, 0) is 35.4 Å². The van der Waals surface area contributed by atoms with Gasteiger partial charge in [0, 0.05) is 19.2 Å². The maximum absolute atomic E-state index is 13.6. The molecule has 0 spiro atoms. The van der Waals surface area contributed by atoms with Crippen molar-refractivity contribution in [3.63, 3.8) is 0 Å². The summed E-state index contributed by atoms with van der Waals surface area (Å²) in [6.07, 6.45) is 0. The zero-order chi connectivity index (χ0) is 18.9. The lowest BCUT2D eigenvalue weighted by Crippen LogP contribution is -2.31. The maximum atomic E-state index is 13.6. The van der Waals surface area contributed by atoms with E-state index in [2.05, 4.69) is 10.3 Å². The van der Waals surface area contributed by atoms with Gasteiger partial charge in [0.05, 0.1) is 27.4 Å². The molecule has 0 heterocycles. The first kappa shape index (κ1) is 23.0. The number of rotatable bonds is 8. The second-order valence-corrected chi connectivity index (χ2v) is 5.60. The summed E-state index contributed by atoms with van der Waals surface area (Å²) in [5, 5.41) is 3.04. The maximum Gasteiger partial charge on any atom is 0.189 e. The second-order valence-electron chi connectivity index (χ2n) is 5.60. The molecule has 0 saturated carbocycles. The van der Waals surface area contributed by atoms with E-state index in [0.29, 0.717) is 36.1 Å². The van der Waals surface area contributed by atoms with Gasteiger partial charge >= 0.3 is 0 Å². The summed E-state index contributed by atoms with van der Waals surface area (Å²) < 4.78 is 29.1. The second kappa shape index (κ2) is 11.6. The molecular formula is C19H25FIN3O3. The number of guanidine groups is 1. The molecule has 0 aliphatic carbocycles. The largest absolute Gasteiger partial charge is 0.493 e. The Morgan fingerprint density at radius 3 is 2.41 bits per heavy atom. The minimum absolute atomic E-state index is 0. The van der Waals surface area contributed by atoms with Crippen molar-refractivity contribution in [2.75, 3.05) is 21.3 Å². The summed E-state index contributed by atoms with van der Waals surface area (Å²) >= 11 is 0. The monoisotopic (exact) mass is 489 g/mol. The quantitative estimate of drug-likeness (QED) is 0.339. The third kappa shape index (κ3) is 6.87. The van der Waals surface area contributed by atoms with E-state index in [-0.39, 0.29) is 36.4 Å². The zero-order valence-corrected chi connectivity index (χ0v) is 18.0. The number of methoxy groups -OCH3 is 3. The fourth-order valence-corrected chi connectivity index (χ4v) is 2.41. The minimum Gasteiger partial charge on any atom is -0.493 e. The number of halogens is 2. The van der Waals surface area contributed by atoms with Crippen LogP contribution < -0.4 is 20.5 Å². The summed E-state index contributed by atoms with van der Waals surface area (Å²) in [5.74, 6) is 1.33. The van der Waals surface area contributed by atoms with Crippen LogP contribution in [0.25, 0.3) is 0 Å². The predicted molar refractivity (Wildman–Crippen MR) is 114 cm³/mol. The summed E-state index contributed by atoms with van der Waals surface area (Å²) in [5.41, 5.74) is 8.24. The fourth-order valence-electron chi connectivity index (χ4n) is 2.41. The average molecular weight is 489 g/mol. The van der Waals surface area contributed by atoms with Crippen LogP contribution in [0.2, 0.25) is 0 Å². The first-order valence-electron chi connectivity index (χ1n) is 8.08. The molecule has 0 fully saturated rings. The SMILES string of the molecule is COCc1cc(CN=C(N)NCc2ccc(OC)c(OC)c2)ccc1F.I. The lowest BCUT2D eigenvalue weighted by Gasteiger charge is -2.11. The predicted octanol–water partition coefficient (Wildman–Crippen LogP) is 3.21. The third-order valence-corrected chi connectivity index (χ3v) is 3.76. The number of nitrogens with one attached hydrogen (secondary N) is 1. The topological polar surface area (TPSA) is 78.1 Å². The smallest absolute Gasteiger partial charge is 0.189 e. The molecule has 0 aliphatic rings. The van der Waals surface area contributed by atoms with E-state index in [1.54, 1.807) is 26.4 Å². The number of hydrogen-bond acceptors (Lipinski definition) is 4. The normalized spacial score (nSPS) is 10.9. The Morgan fingerprint density at radius 2 is 1.74 bits per heavy atom. The lowest BCUT2D eigenvalue weighted by molar-refractivity contribution is 0.181. The van der Waals surface area contributed by atoms with Gasteiger partial charge in [-0.2, -0.15) is 0 Å². The van der Waals surface area contributed by atoms with Crippen LogP contribution in [0.4, 0.5) is 4.39 Å². The van der Waals surface area contributed by atoms with Gasteiger partial charge in [0.1, 0.15) is 5.82 Å². The Bertz CT molecular complexity index is 772. The lowest BCUT2D eigenvalue weighted by atomic mass is 10.1. The van der Waals surface area contributed by atoms with Gasteiger partial charge < -0.3 is 25.3 Å². The molecule has 0 saturated heterocycles. The van der Waals surface area contributed by atoms with E-state index in [1.807, 2.05) is 18.2 Å². The van der Waals surface area contributed by atoms with Crippen LogP contribution in [0.15, 0.2) is 41.4 Å². The van der Waals surface area contributed by atoms with Gasteiger partial charge in [0.15, 0.2) is 17.5 Å². The van der Waals surface area contributed by atoms with Crippen molar-refractivity contribution in [2.45, 2.75) is 19.7 Å². The molecule has 0 bridgehead atoms. The highest BCUT2D eigenvalue weighted by Gasteiger charge is 2.05. The molecule has 27 heavy (non-hydrogen) atoms. The van der Waals surface area contributed by atoms with Crippen LogP contribution in [-0.2, 0) is 24.4 Å². The van der Waals surface area contributed by atoms with E-state index in [4.69, 9.17) is 19.9 Å². The molecule has 0 unspecified atom stereocenters. The number of nitrogens with zero attached hydrogens (tertiary/aromatic N) is 1. The molecule has 0 aromatic heterocycles. The Kier molecular flexibility index (Phi) is 9.87. The number of nitrogens with two attached hydrogens (primary N) is 1. The summed E-state index contributed by atoms with van der Waals surface area (Å²) in [6, 6.07) is 10.4. The van der Waals surface area contributed by atoms with Crippen LogP contribution in [-0.4, -0.2) is 27.3 Å². The van der Waals surface area contributed by atoms with Crippen LogP contribution in [0, 0.1) is 5.82 Å². The number of ether oxygens (including phenoxy) is 3. The minimum atomic E-state index is -0.292. The standard InChI is InChI=1S/C19H24FN3O3.HI/c1-24-12-15-8-13(4-6-16(15)20)10-22-19(21)23-11-14-5-7-17(25-2)18(9-14)26-3;/h4-9H,10-12H2,1-3H3,(H3,21,22,23);1H.